The fourth-order valence-corrected chi connectivity index (χ4v) is 4.76. The summed E-state index contributed by atoms with van der Waals surface area (Å²) in [6.45, 7) is 4.46. The second kappa shape index (κ2) is 9.76. The standard InChI is InChI=1S/C22H28F3N7O4S/c1-21(2,3)19(34)32-20(28-11-12-5-7-13(8-6-12)16(26)27)29-17(30-32)14-9-10-31(37(4,35)36)18(33)15(14)22(23,24)25/h5-8,14-15H,9-11H2,1-4H3,(H3,26,27)(H,28,29,30). The highest BCUT2D eigenvalue weighted by Gasteiger charge is 2.56. The number of carbonyl (C=O) groups excluding carboxylic acids is 2. The first-order valence-corrected chi connectivity index (χ1v) is 13.0. The van der Waals surface area contributed by atoms with Gasteiger partial charge in [-0.25, -0.2) is 12.7 Å². The molecule has 3 rings (SSSR count). The lowest BCUT2D eigenvalue weighted by Gasteiger charge is -2.36. The number of hydrogen-bond acceptors (Lipinski definition) is 8. The summed E-state index contributed by atoms with van der Waals surface area (Å²) < 4.78 is 66.8. The van der Waals surface area contributed by atoms with Crippen LogP contribution in [-0.4, -0.2) is 64.1 Å². The van der Waals surface area contributed by atoms with Crippen LogP contribution in [0.15, 0.2) is 24.3 Å². The third kappa shape index (κ3) is 6.09. The Morgan fingerprint density at radius 3 is 2.30 bits per heavy atom. The molecule has 0 aliphatic carbocycles. The molecule has 0 radical (unpaired) electrons. The van der Waals surface area contributed by atoms with E-state index in [-0.39, 0.29) is 29.1 Å². The molecule has 2 aromatic rings. The molecule has 4 N–H and O–H groups in total. The first-order chi connectivity index (χ1) is 16.9. The largest absolute Gasteiger partial charge is 0.401 e. The van der Waals surface area contributed by atoms with Gasteiger partial charge in [-0.15, -0.1) is 5.10 Å². The van der Waals surface area contributed by atoms with Crippen LogP contribution < -0.4 is 11.1 Å². The molecule has 202 valence electrons. The zero-order chi connectivity index (χ0) is 27.9. The summed E-state index contributed by atoms with van der Waals surface area (Å²) in [6.07, 6.45) is -4.78. The van der Waals surface area contributed by atoms with Crippen LogP contribution in [0.4, 0.5) is 19.1 Å². The highest BCUT2D eigenvalue weighted by atomic mass is 32.2. The molecule has 2 heterocycles. The second-order valence-electron chi connectivity index (χ2n) is 9.81. The summed E-state index contributed by atoms with van der Waals surface area (Å²) >= 11 is 0. The van der Waals surface area contributed by atoms with Gasteiger partial charge >= 0.3 is 6.18 Å². The smallest absolute Gasteiger partial charge is 0.384 e. The predicted molar refractivity (Wildman–Crippen MR) is 128 cm³/mol. The summed E-state index contributed by atoms with van der Waals surface area (Å²) in [5, 5.41) is 14.4. The first-order valence-electron chi connectivity index (χ1n) is 11.2. The molecular weight excluding hydrogens is 515 g/mol. The van der Waals surface area contributed by atoms with Crippen molar-refractivity contribution in [2.24, 2.45) is 17.1 Å². The van der Waals surface area contributed by atoms with Gasteiger partial charge < -0.3 is 11.1 Å². The van der Waals surface area contributed by atoms with Crippen molar-refractivity contribution in [3.63, 3.8) is 0 Å². The van der Waals surface area contributed by atoms with Crippen LogP contribution in [0.25, 0.3) is 0 Å². The summed E-state index contributed by atoms with van der Waals surface area (Å²) in [7, 11) is -4.21. The lowest BCUT2D eigenvalue weighted by atomic mass is 9.84. The Labute approximate surface area is 211 Å². The van der Waals surface area contributed by atoms with Crippen molar-refractivity contribution in [1.82, 2.24) is 19.1 Å². The van der Waals surface area contributed by atoms with Crippen molar-refractivity contribution >= 4 is 33.6 Å². The number of rotatable bonds is 6. The number of benzene rings is 1. The SMILES string of the molecule is CC(C)(C)C(=O)n1nc(C2CCN(S(C)(=O)=O)C(=O)C2C(F)(F)F)nc1NCc1ccc(C(=N)N)cc1. The predicted octanol–water partition coefficient (Wildman–Crippen LogP) is 2.31. The maximum absolute atomic E-state index is 14.0. The molecule has 0 spiro atoms. The second-order valence-corrected chi connectivity index (χ2v) is 11.7. The van der Waals surface area contributed by atoms with E-state index in [1.54, 1.807) is 45.0 Å². The average molecular weight is 544 g/mol. The summed E-state index contributed by atoms with van der Waals surface area (Å²) in [5.41, 5.74) is 5.68. The molecule has 0 bridgehead atoms. The first kappa shape index (κ1) is 28.1. The molecular formula is C22H28F3N7O4S. The van der Waals surface area contributed by atoms with Gasteiger partial charge in [0.15, 0.2) is 5.82 Å². The molecule has 1 saturated heterocycles. The molecule has 37 heavy (non-hydrogen) atoms. The highest BCUT2D eigenvalue weighted by molar-refractivity contribution is 7.88. The molecule has 11 nitrogen and oxygen atoms in total. The van der Waals surface area contributed by atoms with Crippen LogP contribution in [0.2, 0.25) is 0 Å². The maximum atomic E-state index is 14.0. The maximum Gasteiger partial charge on any atom is 0.401 e. The number of amidine groups is 1. The summed E-state index contributed by atoms with van der Waals surface area (Å²) in [4.78, 5) is 29.8. The van der Waals surface area contributed by atoms with E-state index < -0.39 is 57.6 Å². The number of halogens is 3. The number of aromatic nitrogens is 3. The van der Waals surface area contributed by atoms with E-state index in [2.05, 4.69) is 15.4 Å². The number of carbonyl (C=O) groups is 2. The number of nitrogens with two attached hydrogens (primary N) is 1. The van der Waals surface area contributed by atoms with Crippen molar-refractivity contribution in [3.8, 4) is 0 Å². The molecule has 1 aliphatic heterocycles. The van der Waals surface area contributed by atoms with Gasteiger partial charge in [-0.3, -0.25) is 15.0 Å². The number of sulfonamides is 1. The van der Waals surface area contributed by atoms with E-state index in [0.29, 0.717) is 17.4 Å². The molecule has 2 unspecified atom stereocenters. The Balaban J connectivity index is 2.00. The van der Waals surface area contributed by atoms with Gasteiger partial charge in [-0.2, -0.15) is 22.8 Å². The molecule has 2 atom stereocenters. The molecule has 1 aliphatic rings. The van der Waals surface area contributed by atoms with Gasteiger partial charge in [0.05, 0.1) is 6.26 Å². The third-order valence-electron chi connectivity index (χ3n) is 5.82. The van der Waals surface area contributed by atoms with E-state index in [1.807, 2.05) is 0 Å². The Morgan fingerprint density at radius 2 is 1.81 bits per heavy atom. The third-order valence-corrected chi connectivity index (χ3v) is 6.98. The Morgan fingerprint density at radius 1 is 1.22 bits per heavy atom. The Bertz CT molecular complexity index is 1320. The van der Waals surface area contributed by atoms with Crippen LogP contribution in [0, 0.1) is 16.7 Å². The number of amides is 1. The van der Waals surface area contributed by atoms with Gasteiger partial charge in [0, 0.05) is 30.0 Å². The van der Waals surface area contributed by atoms with E-state index in [0.717, 1.165) is 4.68 Å². The molecule has 15 heteroatoms. The van der Waals surface area contributed by atoms with Gasteiger partial charge in [0.1, 0.15) is 11.8 Å². The van der Waals surface area contributed by atoms with Crippen LogP contribution in [0.1, 0.15) is 54.9 Å². The van der Waals surface area contributed by atoms with Crippen molar-refractivity contribution in [2.45, 2.75) is 45.8 Å². The molecule has 1 aromatic carbocycles. The van der Waals surface area contributed by atoms with Gasteiger partial charge in [-0.1, -0.05) is 45.0 Å². The van der Waals surface area contributed by atoms with Crippen LogP contribution >= 0.6 is 0 Å². The minimum absolute atomic E-state index is 0.113. The molecule has 0 saturated carbocycles. The fraction of sp³-hybridized carbons (Fsp3) is 0.500. The van der Waals surface area contributed by atoms with Gasteiger partial charge in [-0.05, 0) is 12.0 Å². The van der Waals surface area contributed by atoms with Crippen molar-refractivity contribution < 1.29 is 31.2 Å². The van der Waals surface area contributed by atoms with Crippen LogP contribution in [0.3, 0.4) is 0 Å². The zero-order valence-corrected chi connectivity index (χ0v) is 21.4. The lowest BCUT2D eigenvalue weighted by molar-refractivity contribution is -0.195. The van der Waals surface area contributed by atoms with Crippen LogP contribution in [0.5, 0.6) is 0 Å². The number of alkyl halides is 3. The zero-order valence-electron chi connectivity index (χ0n) is 20.6. The number of nitrogens with one attached hydrogen (secondary N) is 2. The van der Waals surface area contributed by atoms with Crippen LogP contribution in [-0.2, 0) is 21.4 Å². The Hall–Kier alpha value is -3.49. The number of anilines is 1. The number of nitrogens with zero attached hydrogens (tertiary/aromatic N) is 4. The number of piperidine rings is 1. The lowest BCUT2D eigenvalue weighted by Crippen LogP contribution is -2.52. The minimum Gasteiger partial charge on any atom is -0.384 e. The monoisotopic (exact) mass is 543 g/mol. The Kier molecular flexibility index (Phi) is 7.41. The van der Waals surface area contributed by atoms with Gasteiger partial charge in [0.2, 0.25) is 21.9 Å². The normalized spacial score (nSPS) is 19.1. The van der Waals surface area contributed by atoms with E-state index in [4.69, 9.17) is 11.1 Å². The van der Waals surface area contributed by atoms with E-state index in [1.165, 1.54) is 0 Å². The quantitative estimate of drug-likeness (QED) is 0.369. The average Bonchev–Trinajstić information content (AvgIpc) is 3.18. The van der Waals surface area contributed by atoms with Gasteiger partial charge in [0.25, 0.3) is 5.91 Å². The van der Waals surface area contributed by atoms with Crippen molar-refractivity contribution in [1.29, 1.82) is 5.41 Å². The topological polar surface area (TPSA) is 164 Å². The fourth-order valence-electron chi connectivity index (χ4n) is 3.88. The minimum atomic E-state index is -5.07. The van der Waals surface area contributed by atoms with Crippen molar-refractivity contribution in [2.75, 3.05) is 18.1 Å². The summed E-state index contributed by atoms with van der Waals surface area (Å²) in [6, 6.07) is 6.59. The number of hydrogen-bond donors (Lipinski definition) is 3. The van der Waals surface area contributed by atoms with E-state index >= 15 is 0 Å². The molecule has 1 amide bonds. The molecule has 1 aromatic heterocycles. The number of nitrogen functional groups attached to an aromatic ring is 1. The van der Waals surface area contributed by atoms with Crippen molar-refractivity contribution in [3.05, 3.63) is 41.2 Å². The summed E-state index contributed by atoms with van der Waals surface area (Å²) in [5.74, 6) is -7.07. The van der Waals surface area contributed by atoms with E-state index in [9.17, 15) is 31.2 Å². The highest BCUT2D eigenvalue weighted by Crippen LogP contribution is 2.43. The molecule has 1 fully saturated rings.